The molecule has 2 aromatic heterocycles. The lowest BCUT2D eigenvalue weighted by Gasteiger charge is -2.11. The van der Waals surface area contributed by atoms with E-state index in [4.69, 9.17) is 15.2 Å². The second-order valence-corrected chi connectivity index (χ2v) is 7.08. The van der Waals surface area contributed by atoms with E-state index in [0.29, 0.717) is 70.5 Å². The van der Waals surface area contributed by atoms with E-state index in [1.54, 1.807) is 6.20 Å². The number of nitrogens with zero attached hydrogens (tertiary/aromatic N) is 4. The van der Waals surface area contributed by atoms with Gasteiger partial charge in [0.1, 0.15) is 0 Å². The Morgan fingerprint density at radius 3 is 2.06 bits per heavy atom. The Morgan fingerprint density at radius 1 is 0.697 bits per heavy atom. The summed E-state index contributed by atoms with van der Waals surface area (Å²) in [6.45, 7) is 4.39. The first-order chi connectivity index (χ1) is 16.3. The SMILES string of the molecule is NCCOCCOCCNc1nc(NCCc2ccccc2)nc(NCc2ccccn2)n1. The zero-order valence-electron chi connectivity index (χ0n) is 18.7. The summed E-state index contributed by atoms with van der Waals surface area (Å²) in [6.07, 6.45) is 2.63. The molecular weight excluding hydrogens is 420 g/mol. The van der Waals surface area contributed by atoms with Crippen molar-refractivity contribution in [2.45, 2.75) is 13.0 Å². The number of benzene rings is 1. The Hall–Kier alpha value is -3.34. The second kappa shape index (κ2) is 14.7. The zero-order chi connectivity index (χ0) is 23.0. The van der Waals surface area contributed by atoms with Crippen molar-refractivity contribution in [3.8, 4) is 0 Å². The Bertz CT molecular complexity index is 915. The minimum absolute atomic E-state index is 0.469. The van der Waals surface area contributed by atoms with E-state index in [9.17, 15) is 0 Å². The molecule has 0 unspecified atom stereocenters. The predicted octanol–water partition coefficient (Wildman–Crippen LogP) is 1.94. The van der Waals surface area contributed by atoms with Gasteiger partial charge in [-0.05, 0) is 24.1 Å². The van der Waals surface area contributed by atoms with Gasteiger partial charge in [0.2, 0.25) is 17.8 Å². The van der Waals surface area contributed by atoms with Crippen LogP contribution in [0.4, 0.5) is 17.8 Å². The number of nitrogens with one attached hydrogen (secondary N) is 3. The lowest BCUT2D eigenvalue weighted by Crippen LogP contribution is -2.17. The highest BCUT2D eigenvalue weighted by atomic mass is 16.5. The lowest BCUT2D eigenvalue weighted by molar-refractivity contribution is 0.0547. The standard InChI is InChI=1S/C23H32N8O2/c24-10-14-32-16-17-33-15-13-27-22-29-21(26-12-9-19-6-2-1-3-7-19)30-23(31-22)28-18-20-8-4-5-11-25-20/h1-8,11H,9-10,12-18,24H2,(H3,26,27,28,29,30,31). The third kappa shape index (κ3) is 9.77. The molecule has 3 aromatic rings. The molecule has 0 aliphatic carbocycles. The van der Waals surface area contributed by atoms with Crippen molar-refractivity contribution < 1.29 is 9.47 Å². The van der Waals surface area contributed by atoms with Gasteiger partial charge in [-0.2, -0.15) is 15.0 Å². The summed E-state index contributed by atoms with van der Waals surface area (Å²) in [5.41, 5.74) is 7.53. The average Bonchev–Trinajstić information content (AvgIpc) is 2.86. The van der Waals surface area contributed by atoms with E-state index < -0.39 is 0 Å². The van der Waals surface area contributed by atoms with Gasteiger partial charge in [0.05, 0.1) is 38.7 Å². The molecule has 33 heavy (non-hydrogen) atoms. The van der Waals surface area contributed by atoms with Gasteiger partial charge in [0.15, 0.2) is 0 Å². The number of hydrogen-bond donors (Lipinski definition) is 4. The number of ether oxygens (including phenoxy) is 2. The Labute approximate surface area is 194 Å². The Kier molecular flexibility index (Phi) is 10.8. The lowest BCUT2D eigenvalue weighted by atomic mass is 10.1. The summed E-state index contributed by atoms with van der Waals surface area (Å²) >= 11 is 0. The van der Waals surface area contributed by atoms with Crippen LogP contribution in [-0.4, -0.2) is 66.0 Å². The van der Waals surface area contributed by atoms with Crippen molar-refractivity contribution in [3.05, 3.63) is 66.0 Å². The maximum Gasteiger partial charge on any atom is 0.229 e. The van der Waals surface area contributed by atoms with E-state index in [0.717, 1.165) is 12.1 Å². The molecule has 0 atom stereocenters. The van der Waals surface area contributed by atoms with E-state index in [1.165, 1.54) is 5.56 Å². The van der Waals surface area contributed by atoms with Crippen LogP contribution in [0.3, 0.4) is 0 Å². The molecule has 5 N–H and O–H groups in total. The van der Waals surface area contributed by atoms with Crippen molar-refractivity contribution in [2.75, 3.05) is 62.0 Å². The van der Waals surface area contributed by atoms with Gasteiger partial charge in [-0.25, -0.2) is 0 Å². The number of aromatic nitrogens is 4. The normalized spacial score (nSPS) is 10.7. The fraction of sp³-hybridized carbons (Fsp3) is 0.391. The molecule has 0 saturated carbocycles. The van der Waals surface area contributed by atoms with Crippen LogP contribution in [0.1, 0.15) is 11.3 Å². The highest BCUT2D eigenvalue weighted by molar-refractivity contribution is 5.42. The number of rotatable bonds is 16. The Balaban J connectivity index is 1.52. The topological polar surface area (TPSA) is 132 Å². The number of anilines is 3. The molecule has 10 nitrogen and oxygen atoms in total. The first-order valence-corrected chi connectivity index (χ1v) is 11.1. The van der Waals surface area contributed by atoms with Crippen LogP contribution in [0.25, 0.3) is 0 Å². The molecule has 0 aliphatic rings. The third-order valence-electron chi connectivity index (χ3n) is 4.49. The highest BCUT2D eigenvalue weighted by Crippen LogP contribution is 2.11. The predicted molar refractivity (Wildman–Crippen MR) is 129 cm³/mol. The monoisotopic (exact) mass is 452 g/mol. The molecule has 0 aliphatic heterocycles. The first kappa shape index (κ1) is 24.3. The molecule has 10 heteroatoms. The highest BCUT2D eigenvalue weighted by Gasteiger charge is 2.07. The van der Waals surface area contributed by atoms with Gasteiger partial charge in [-0.1, -0.05) is 36.4 Å². The molecule has 0 fully saturated rings. The van der Waals surface area contributed by atoms with Crippen LogP contribution in [0, 0.1) is 0 Å². The minimum atomic E-state index is 0.469. The maximum absolute atomic E-state index is 5.54. The number of hydrogen-bond acceptors (Lipinski definition) is 10. The molecule has 0 bridgehead atoms. The molecule has 3 rings (SSSR count). The smallest absolute Gasteiger partial charge is 0.229 e. The third-order valence-corrected chi connectivity index (χ3v) is 4.49. The Morgan fingerprint density at radius 2 is 1.36 bits per heavy atom. The van der Waals surface area contributed by atoms with Crippen molar-refractivity contribution in [3.63, 3.8) is 0 Å². The van der Waals surface area contributed by atoms with Crippen LogP contribution in [0.5, 0.6) is 0 Å². The molecular formula is C23H32N8O2. The van der Waals surface area contributed by atoms with Crippen molar-refractivity contribution in [1.82, 2.24) is 19.9 Å². The van der Waals surface area contributed by atoms with Crippen molar-refractivity contribution in [2.24, 2.45) is 5.73 Å². The molecule has 2 heterocycles. The summed E-state index contributed by atoms with van der Waals surface area (Å²) in [5.74, 6) is 1.44. The van der Waals surface area contributed by atoms with Crippen LogP contribution in [0.15, 0.2) is 54.7 Å². The van der Waals surface area contributed by atoms with E-state index >= 15 is 0 Å². The van der Waals surface area contributed by atoms with E-state index in [-0.39, 0.29) is 0 Å². The van der Waals surface area contributed by atoms with Gasteiger partial charge in [0, 0.05) is 25.8 Å². The van der Waals surface area contributed by atoms with Gasteiger partial charge in [0.25, 0.3) is 0 Å². The van der Waals surface area contributed by atoms with Gasteiger partial charge < -0.3 is 31.2 Å². The van der Waals surface area contributed by atoms with Crippen LogP contribution in [0.2, 0.25) is 0 Å². The molecule has 0 amide bonds. The minimum Gasteiger partial charge on any atom is -0.378 e. The summed E-state index contributed by atoms with van der Waals surface area (Å²) in [5, 5.41) is 9.69. The van der Waals surface area contributed by atoms with Gasteiger partial charge >= 0.3 is 0 Å². The van der Waals surface area contributed by atoms with E-state index in [1.807, 2.05) is 36.4 Å². The van der Waals surface area contributed by atoms with Gasteiger partial charge in [-0.15, -0.1) is 0 Å². The molecule has 0 spiro atoms. The number of nitrogens with two attached hydrogens (primary N) is 1. The van der Waals surface area contributed by atoms with Crippen molar-refractivity contribution >= 4 is 17.8 Å². The van der Waals surface area contributed by atoms with E-state index in [2.05, 4.69) is 48.0 Å². The molecule has 0 radical (unpaired) electrons. The maximum atomic E-state index is 5.54. The van der Waals surface area contributed by atoms with Crippen LogP contribution in [-0.2, 0) is 22.4 Å². The summed E-state index contributed by atoms with van der Waals surface area (Å²) in [6, 6.07) is 16.1. The fourth-order valence-corrected chi connectivity index (χ4v) is 2.89. The second-order valence-electron chi connectivity index (χ2n) is 7.08. The quantitative estimate of drug-likeness (QED) is 0.239. The van der Waals surface area contributed by atoms with Gasteiger partial charge in [-0.3, -0.25) is 4.98 Å². The average molecular weight is 453 g/mol. The summed E-state index contributed by atoms with van der Waals surface area (Å²) in [7, 11) is 0. The summed E-state index contributed by atoms with van der Waals surface area (Å²) in [4.78, 5) is 17.8. The number of pyridine rings is 1. The van der Waals surface area contributed by atoms with Crippen LogP contribution >= 0.6 is 0 Å². The molecule has 176 valence electrons. The summed E-state index contributed by atoms with van der Waals surface area (Å²) < 4.78 is 10.8. The zero-order valence-corrected chi connectivity index (χ0v) is 18.7. The fourth-order valence-electron chi connectivity index (χ4n) is 2.89. The molecule has 1 aromatic carbocycles. The molecule has 0 saturated heterocycles. The first-order valence-electron chi connectivity index (χ1n) is 11.1. The van der Waals surface area contributed by atoms with Crippen molar-refractivity contribution in [1.29, 1.82) is 0 Å². The largest absolute Gasteiger partial charge is 0.378 e. The van der Waals surface area contributed by atoms with Crippen LogP contribution < -0.4 is 21.7 Å².